The largest absolute Gasteiger partial charge is 0.487 e. The van der Waals surface area contributed by atoms with Gasteiger partial charge in [-0.3, -0.25) is 9.59 Å². The van der Waals surface area contributed by atoms with Crippen molar-refractivity contribution >= 4 is 34.9 Å². The van der Waals surface area contributed by atoms with Crippen LogP contribution in [0.5, 0.6) is 5.75 Å². The molecule has 1 aliphatic rings. The maximum absolute atomic E-state index is 12.9. The van der Waals surface area contributed by atoms with Crippen molar-refractivity contribution in [1.29, 1.82) is 0 Å². The van der Waals surface area contributed by atoms with Crippen LogP contribution in [0.25, 0.3) is 11.3 Å². The first-order chi connectivity index (χ1) is 16.6. The highest BCUT2D eigenvalue weighted by Crippen LogP contribution is 2.32. The van der Waals surface area contributed by atoms with Gasteiger partial charge in [0.1, 0.15) is 17.3 Å². The van der Waals surface area contributed by atoms with Crippen molar-refractivity contribution in [3.63, 3.8) is 0 Å². The molecule has 1 fully saturated rings. The van der Waals surface area contributed by atoms with Crippen LogP contribution in [0.2, 0.25) is 0 Å². The van der Waals surface area contributed by atoms with Gasteiger partial charge in [-0.15, -0.1) is 8.78 Å². The number of benzene rings is 1. The van der Waals surface area contributed by atoms with Gasteiger partial charge in [-0.25, -0.2) is 4.98 Å². The molecule has 0 radical (unpaired) electrons. The van der Waals surface area contributed by atoms with Crippen molar-refractivity contribution in [1.82, 2.24) is 14.9 Å². The molecule has 0 saturated carbocycles. The lowest BCUT2D eigenvalue weighted by Crippen LogP contribution is -2.22. The minimum atomic E-state index is -3.82. The summed E-state index contributed by atoms with van der Waals surface area (Å²) in [4.78, 5) is 36.6. The zero-order valence-electron chi connectivity index (χ0n) is 19.1. The molecule has 0 unspecified atom stereocenters. The number of alkyl halides is 3. The van der Waals surface area contributed by atoms with Gasteiger partial charge in [0.05, 0.1) is 5.56 Å². The molecule has 184 valence electrons. The summed E-state index contributed by atoms with van der Waals surface area (Å²) in [7, 11) is 3.34. The van der Waals surface area contributed by atoms with Gasteiger partial charge in [0, 0.05) is 61.9 Å². The van der Waals surface area contributed by atoms with Crippen LogP contribution < -0.4 is 15.0 Å². The number of carbonyl (C=O) groups excluding carboxylic acids is 2. The van der Waals surface area contributed by atoms with Crippen LogP contribution in [0.4, 0.5) is 20.3 Å². The number of hydrogen-bond acceptors (Lipinski definition) is 5. The number of hydrogen-bond donors (Lipinski definition) is 2. The first-order valence-electron chi connectivity index (χ1n) is 10.9. The number of rotatable bonds is 7. The maximum Gasteiger partial charge on any atom is 0.487 e. The van der Waals surface area contributed by atoms with Crippen LogP contribution in [-0.2, 0) is 0 Å². The molecule has 0 atom stereocenters. The lowest BCUT2D eigenvalue weighted by Gasteiger charge is -2.20. The number of H-pyrrole nitrogens is 1. The number of amides is 2. The van der Waals surface area contributed by atoms with Crippen molar-refractivity contribution in [3.8, 4) is 17.0 Å². The highest BCUT2D eigenvalue weighted by molar-refractivity contribution is 6.20. The van der Waals surface area contributed by atoms with Gasteiger partial charge < -0.3 is 24.8 Å². The Morgan fingerprint density at radius 3 is 2.46 bits per heavy atom. The average molecular weight is 504 g/mol. The first-order valence-corrected chi connectivity index (χ1v) is 11.3. The van der Waals surface area contributed by atoms with Gasteiger partial charge in [0.2, 0.25) is 0 Å². The summed E-state index contributed by atoms with van der Waals surface area (Å²) in [6, 6.07) is 10.6. The van der Waals surface area contributed by atoms with Crippen LogP contribution in [0.3, 0.4) is 0 Å². The number of ether oxygens (including phenoxy) is 1. The molecule has 0 aliphatic carbocycles. The molecule has 2 aromatic heterocycles. The van der Waals surface area contributed by atoms with Gasteiger partial charge >= 0.3 is 5.57 Å². The Hall–Kier alpha value is -3.66. The Labute approximate surface area is 205 Å². The maximum atomic E-state index is 12.9. The van der Waals surface area contributed by atoms with Crippen molar-refractivity contribution in [2.24, 2.45) is 0 Å². The fraction of sp³-hybridized carbons (Fsp3) is 0.292. The SMILES string of the molecule is CN(C)C(=O)c1ccc(-c2cc(C(=O)Nc3ccc(OC(F)(F)Cl)cc3)cnc2N2CCCC2)[nH]1. The first kappa shape index (κ1) is 24.5. The van der Waals surface area contributed by atoms with Crippen molar-refractivity contribution < 1.29 is 23.1 Å². The van der Waals surface area contributed by atoms with Gasteiger partial charge in [0.15, 0.2) is 0 Å². The summed E-state index contributed by atoms with van der Waals surface area (Å²) < 4.78 is 29.9. The topological polar surface area (TPSA) is 90.6 Å². The van der Waals surface area contributed by atoms with Gasteiger partial charge in [-0.05, 0) is 55.3 Å². The van der Waals surface area contributed by atoms with E-state index in [9.17, 15) is 18.4 Å². The summed E-state index contributed by atoms with van der Waals surface area (Å²) in [5, 5.41) is 2.71. The third kappa shape index (κ3) is 5.89. The third-order valence-corrected chi connectivity index (χ3v) is 5.57. The second-order valence-electron chi connectivity index (χ2n) is 8.30. The van der Waals surface area contributed by atoms with Crippen LogP contribution in [0, 0.1) is 0 Å². The highest BCUT2D eigenvalue weighted by Gasteiger charge is 2.27. The van der Waals surface area contributed by atoms with Crippen molar-refractivity contribution in [2.45, 2.75) is 18.4 Å². The fourth-order valence-corrected chi connectivity index (χ4v) is 3.91. The number of pyridine rings is 1. The molecule has 3 heterocycles. The molecular weight excluding hydrogens is 480 g/mol. The number of aromatic nitrogens is 2. The average Bonchev–Trinajstić information content (AvgIpc) is 3.51. The van der Waals surface area contributed by atoms with E-state index in [2.05, 4.69) is 24.9 Å². The van der Waals surface area contributed by atoms with E-state index >= 15 is 0 Å². The Balaban J connectivity index is 1.60. The summed E-state index contributed by atoms with van der Waals surface area (Å²) >= 11 is 4.77. The fourth-order valence-electron chi connectivity index (χ4n) is 3.82. The number of anilines is 2. The van der Waals surface area contributed by atoms with E-state index < -0.39 is 11.5 Å². The van der Waals surface area contributed by atoms with Crippen molar-refractivity contribution in [2.75, 3.05) is 37.4 Å². The quantitative estimate of drug-likeness (QED) is 0.452. The normalized spacial score (nSPS) is 13.6. The summed E-state index contributed by atoms with van der Waals surface area (Å²) in [5.74, 6) is -0.00982. The van der Waals surface area contributed by atoms with Gasteiger partial charge in [0.25, 0.3) is 11.8 Å². The number of halogens is 3. The van der Waals surface area contributed by atoms with E-state index in [1.807, 2.05) is 0 Å². The van der Waals surface area contributed by atoms with Gasteiger partial charge in [-0.2, -0.15) is 0 Å². The van der Waals surface area contributed by atoms with E-state index in [4.69, 9.17) is 11.6 Å². The smallest absolute Gasteiger partial charge is 0.420 e. The second-order valence-corrected chi connectivity index (χ2v) is 8.74. The Morgan fingerprint density at radius 1 is 1.14 bits per heavy atom. The molecular formula is C24H24ClF2N5O3. The summed E-state index contributed by atoms with van der Waals surface area (Å²) in [5.41, 5.74) is -1.35. The molecule has 4 rings (SSSR count). The number of nitrogens with one attached hydrogen (secondary N) is 2. The molecule has 2 N–H and O–H groups in total. The molecule has 0 bridgehead atoms. The summed E-state index contributed by atoms with van der Waals surface area (Å²) in [6.07, 6.45) is 3.59. The lowest BCUT2D eigenvalue weighted by molar-refractivity contribution is -0.0964. The molecule has 1 aliphatic heterocycles. The Bertz CT molecular complexity index is 1220. The standard InChI is InChI=1S/C24H24ClF2N5O3/c1-31(2)23(34)20-10-9-19(30-20)18-13-15(14-28-21(18)32-11-3-4-12-32)22(33)29-16-5-7-17(8-6-16)35-24(25,26)27/h5-10,13-14,30H,3-4,11-12H2,1-2H3,(H,29,33). The molecule has 8 nitrogen and oxygen atoms in total. The minimum absolute atomic E-state index is 0.142. The summed E-state index contributed by atoms with van der Waals surface area (Å²) in [6.45, 7) is 1.71. The van der Waals surface area contributed by atoms with E-state index in [0.29, 0.717) is 28.2 Å². The van der Waals surface area contributed by atoms with E-state index in [1.54, 1.807) is 32.3 Å². The van der Waals surface area contributed by atoms with Crippen LogP contribution in [0.1, 0.15) is 33.7 Å². The molecule has 35 heavy (non-hydrogen) atoms. The third-order valence-electron chi connectivity index (χ3n) is 5.49. The zero-order chi connectivity index (χ0) is 25.2. The van der Waals surface area contributed by atoms with Crippen molar-refractivity contribution in [3.05, 3.63) is 59.9 Å². The van der Waals surface area contributed by atoms with E-state index in [0.717, 1.165) is 31.7 Å². The Morgan fingerprint density at radius 2 is 1.83 bits per heavy atom. The number of carbonyl (C=O) groups is 2. The molecule has 2 amide bonds. The minimum Gasteiger partial charge on any atom is -0.420 e. The predicted octanol–water partition coefficient (Wildman–Crippen LogP) is 4.80. The molecule has 1 aromatic carbocycles. The second kappa shape index (κ2) is 9.91. The number of aromatic amines is 1. The number of nitrogens with zero attached hydrogens (tertiary/aromatic N) is 3. The predicted molar refractivity (Wildman–Crippen MR) is 129 cm³/mol. The van der Waals surface area contributed by atoms with Crippen LogP contribution in [-0.4, -0.2) is 59.4 Å². The molecule has 3 aromatic rings. The zero-order valence-corrected chi connectivity index (χ0v) is 19.9. The van der Waals surface area contributed by atoms with Crippen LogP contribution >= 0.6 is 11.6 Å². The van der Waals surface area contributed by atoms with E-state index in [-0.39, 0.29) is 11.7 Å². The Kier molecular flexibility index (Phi) is 6.93. The van der Waals surface area contributed by atoms with Crippen LogP contribution in [0.15, 0.2) is 48.7 Å². The monoisotopic (exact) mass is 503 g/mol. The highest BCUT2D eigenvalue weighted by atomic mass is 35.5. The lowest BCUT2D eigenvalue weighted by atomic mass is 10.1. The molecule has 0 spiro atoms. The van der Waals surface area contributed by atoms with E-state index in [1.165, 1.54) is 35.4 Å². The molecule has 11 heteroatoms. The van der Waals surface area contributed by atoms with Gasteiger partial charge in [-0.1, -0.05) is 0 Å². The molecule has 1 saturated heterocycles.